The van der Waals surface area contributed by atoms with Crippen LogP contribution >= 0.6 is 11.6 Å². The van der Waals surface area contributed by atoms with Gasteiger partial charge in [0.1, 0.15) is 11.9 Å². The van der Waals surface area contributed by atoms with Gasteiger partial charge in [-0.2, -0.15) is 0 Å². The first-order chi connectivity index (χ1) is 18.4. The van der Waals surface area contributed by atoms with E-state index in [1.165, 1.54) is 0 Å². The van der Waals surface area contributed by atoms with Crippen LogP contribution in [0.2, 0.25) is 5.02 Å². The molecule has 0 aliphatic heterocycles. The van der Waals surface area contributed by atoms with Gasteiger partial charge in [0, 0.05) is 35.8 Å². The normalized spacial score (nSPS) is 14.1. The van der Waals surface area contributed by atoms with Crippen molar-refractivity contribution >= 4 is 40.8 Å². The van der Waals surface area contributed by atoms with E-state index >= 15 is 0 Å². The largest absolute Gasteiger partial charge is 0.351 e. The van der Waals surface area contributed by atoms with Crippen molar-refractivity contribution in [3.63, 3.8) is 0 Å². The van der Waals surface area contributed by atoms with Gasteiger partial charge in [0.05, 0.1) is 0 Å². The van der Waals surface area contributed by atoms with Crippen molar-refractivity contribution < 1.29 is 14.4 Å². The summed E-state index contributed by atoms with van der Waals surface area (Å²) in [7, 11) is 0. The number of nitrogens with one attached hydrogen (secondary N) is 2. The number of hydrogen-bond acceptors (Lipinski definition) is 4. The number of pyridine rings is 1. The first-order valence-corrected chi connectivity index (χ1v) is 13.4. The van der Waals surface area contributed by atoms with Crippen LogP contribution in [-0.4, -0.2) is 28.7 Å². The molecule has 0 unspecified atom stereocenters. The molecule has 0 saturated heterocycles. The Hall–Kier alpha value is -3.71. The third kappa shape index (κ3) is 7.42. The molecule has 38 heavy (non-hydrogen) atoms. The Morgan fingerprint density at radius 3 is 2.45 bits per heavy atom. The molecule has 2 N–H and O–H groups in total. The summed E-state index contributed by atoms with van der Waals surface area (Å²) in [5, 5.41) is 6.47. The average Bonchev–Trinajstić information content (AvgIpc) is 3.41. The first kappa shape index (κ1) is 27.3. The minimum Gasteiger partial charge on any atom is -0.351 e. The highest BCUT2D eigenvalue weighted by atomic mass is 35.5. The Bertz CT molecular complexity index is 1240. The van der Waals surface area contributed by atoms with Gasteiger partial charge in [-0.1, -0.05) is 54.8 Å². The quantitative estimate of drug-likeness (QED) is 0.336. The average molecular weight is 533 g/mol. The fraction of sp³-hybridized carbons (Fsp3) is 0.333. The third-order valence-corrected chi connectivity index (χ3v) is 6.92. The van der Waals surface area contributed by atoms with E-state index in [4.69, 9.17) is 11.6 Å². The van der Waals surface area contributed by atoms with Gasteiger partial charge in [0.25, 0.3) is 0 Å². The minimum absolute atomic E-state index is 0.0991. The van der Waals surface area contributed by atoms with Crippen LogP contribution in [0, 0.1) is 6.92 Å². The fourth-order valence-electron chi connectivity index (χ4n) is 4.79. The number of carbonyl (C=O) groups excluding carboxylic acids is 3. The molecule has 2 aromatic carbocycles. The van der Waals surface area contributed by atoms with Crippen molar-refractivity contribution in [3.05, 3.63) is 89.1 Å². The lowest BCUT2D eigenvalue weighted by Gasteiger charge is -2.32. The van der Waals surface area contributed by atoms with Crippen molar-refractivity contribution in [1.29, 1.82) is 0 Å². The smallest absolute Gasteiger partial charge is 0.248 e. The molecule has 198 valence electrons. The highest BCUT2D eigenvalue weighted by molar-refractivity contribution is 6.30. The van der Waals surface area contributed by atoms with Crippen molar-refractivity contribution in [2.45, 2.75) is 64.0 Å². The first-order valence-electron chi connectivity index (χ1n) is 13.1. The van der Waals surface area contributed by atoms with E-state index in [0.29, 0.717) is 28.5 Å². The molecule has 0 radical (unpaired) electrons. The van der Waals surface area contributed by atoms with Crippen molar-refractivity contribution in [1.82, 2.24) is 10.3 Å². The van der Waals surface area contributed by atoms with Crippen molar-refractivity contribution in [2.75, 3.05) is 10.2 Å². The Morgan fingerprint density at radius 1 is 1.00 bits per heavy atom. The van der Waals surface area contributed by atoms with Crippen LogP contribution in [0.5, 0.6) is 0 Å². The monoisotopic (exact) mass is 532 g/mol. The Kier molecular flexibility index (Phi) is 9.49. The zero-order chi connectivity index (χ0) is 26.9. The van der Waals surface area contributed by atoms with Crippen LogP contribution < -0.4 is 15.5 Å². The molecule has 1 aromatic heterocycles. The second kappa shape index (κ2) is 13.2. The highest BCUT2D eigenvalue weighted by Gasteiger charge is 2.34. The number of aryl methyl sites for hydroxylation is 1. The molecule has 0 spiro atoms. The summed E-state index contributed by atoms with van der Waals surface area (Å²) in [6, 6.07) is 19.1. The SMILES string of the molecule is Cc1cccc(N(C(=O)CCCC(=O)Nc2ccccn2)[C@@H](C(=O)NC2CCCC2)c2ccc(Cl)cc2)c1. The Balaban J connectivity index is 1.57. The molecule has 3 amide bonds. The number of rotatable bonds is 10. The molecule has 4 rings (SSSR count). The highest BCUT2D eigenvalue weighted by Crippen LogP contribution is 2.31. The lowest BCUT2D eigenvalue weighted by Crippen LogP contribution is -2.46. The predicted molar refractivity (Wildman–Crippen MR) is 150 cm³/mol. The number of halogens is 1. The van der Waals surface area contributed by atoms with E-state index in [1.807, 2.05) is 31.2 Å². The lowest BCUT2D eigenvalue weighted by molar-refractivity contribution is -0.127. The van der Waals surface area contributed by atoms with E-state index in [1.54, 1.807) is 53.6 Å². The maximum Gasteiger partial charge on any atom is 0.248 e. The summed E-state index contributed by atoms with van der Waals surface area (Å²) in [5.41, 5.74) is 2.28. The predicted octanol–water partition coefficient (Wildman–Crippen LogP) is 5.99. The van der Waals surface area contributed by atoms with Gasteiger partial charge in [0.2, 0.25) is 17.7 Å². The van der Waals surface area contributed by atoms with Crippen LogP contribution in [0.1, 0.15) is 62.1 Å². The van der Waals surface area contributed by atoms with Gasteiger partial charge in [-0.25, -0.2) is 4.98 Å². The van der Waals surface area contributed by atoms with E-state index in [0.717, 1.165) is 31.2 Å². The van der Waals surface area contributed by atoms with Gasteiger partial charge in [-0.15, -0.1) is 0 Å². The third-order valence-electron chi connectivity index (χ3n) is 6.67. The van der Waals surface area contributed by atoms with Crippen LogP contribution in [0.15, 0.2) is 72.9 Å². The van der Waals surface area contributed by atoms with Gasteiger partial charge < -0.3 is 10.6 Å². The molecule has 0 bridgehead atoms. The maximum atomic E-state index is 13.8. The number of aromatic nitrogens is 1. The molecule has 1 aliphatic carbocycles. The summed E-state index contributed by atoms with van der Waals surface area (Å²) in [5.74, 6) is -0.201. The second-order valence-corrected chi connectivity index (χ2v) is 10.1. The summed E-state index contributed by atoms with van der Waals surface area (Å²) >= 11 is 6.15. The van der Waals surface area contributed by atoms with Gasteiger partial charge in [-0.05, 0) is 73.7 Å². The number of anilines is 2. The molecule has 8 heteroatoms. The van der Waals surface area contributed by atoms with Gasteiger partial charge >= 0.3 is 0 Å². The van der Waals surface area contributed by atoms with Crippen molar-refractivity contribution in [2.24, 2.45) is 0 Å². The summed E-state index contributed by atoms with van der Waals surface area (Å²) in [6.07, 6.45) is 6.22. The van der Waals surface area contributed by atoms with Crippen LogP contribution in [0.3, 0.4) is 0 Å². The molecule has 1 atom stereocenters. The van der Waals surface area contributed by atoms with E-state index in [9.17, 15) is 14.4 Å². The molecule has 1 aliphatic rings. The standard InChI is InChI=1S/C30H33ClN4O3/c1-21-8-6-11-25(20-21)35(28(37)14-7-13-27(36)34-26-12-4-5-19-32-26)29(22-15-17-23(31)18-16-22)30(38)33-24-9-2-3-10-24/h4-6,8,11-12,15-20,24,29H,2-3,7,9-10,13-14H2,1H3,(H,33,38)(H,32,34,36)/t29-/m1/s1. The molecule has 7 nitrogen and oxygen atoms in total. The Morgan fingerprint density at radius 2 is 1.76 bits per heavy atom. The zero-order valence-corrected chi connectivity index (χ0v) is 22.3. The van der Waals surface area contributed by atoms with Crippen LogP contribution in [0.4, 0.5) is 11.5 Å². The van der Waals surface area contributed by atoms with Gasteiger partial charge in [0.15, 0.2) is 0 Å². The van der Waals surface area contributed by atoms with Gasteiger partial charge in [-0.3, -0.25) is 19.3 Å². The van der Waals surface area contributed by atoms with E-state index in [2.05, 4.69) is 15.6 Å². The second-order valence-electron chi connectivity index (χ2n) is 9.66. The number of hydrogen-bond donors (Lipinski definition) is 2. The topological polar surface area (TPSA) is 91.4 Å². The molecular formula is C30H33ClN4O3. The molecular weight excluding hydrogens is 500 g/mol. The zero-order valence-electron chi connectivity index (χ0n) is 21.5. The summed E-state index contributed by atoms with van der Waals surface area (Å²) in [4.78, 5) is 45.6. The van der Waals surface area contributed by atoms with E-state index < -0.39 is 6.04 Å². The molecule has 1 saturated carbocycles. The molecule has 1 heterocycles. The molecule has 3 aromatic rings. The lowest BCUT2D eigenvalue weighted by atomic mass is 10.0. The Labute approximate surface area is 228 Å². The van der Waals surface area contributed by atoms with Crippen molar-refractivity contribution in [3.8, 4) is 0 Å². The molecule has 1 fully saturated rings. The minimum atomic E-state index is -0.871. The summed E-state index contributed by atoms with van der Waals surface area (Å²) in [6.45, 7) is 1.95. The summed E-state index contributed by atoms with van der Waals surface area (Å²) < 4.78 is 0. The van der Waals surface area contributed by atoms with Crippen LogP contribution in [0.25, 0.3) is 0 Å². The fourth-order valence-corrected chi connectivity index (χ4v) is 4.92. The number of carbonyl (C=O) groups is 3. The maximum absolute atomic E-state index is 13.8. The number of nitrogens with zero attached hydrogens (tertiary/aromatic N) is 2. The van der Waals surface area contributed by atoms with E-state index in [-0.39, 0.29) is 36.6 Å². The number of amides is 3. The number of benzene rings is 2. The van der Waals surface area contributed by atoms with Crippen LogP contribution in [-0.2, 0) is 14.4 Å².